The van der Waals surface area contributed by atoms with Gasteiger partial charge in [0.2, 0.25) is 5.91 Å². The predicted octanol–water partition coefficient (Wildman–Crippen LogP) is 1.90. The molecule has 1 amide bonds. The minimum absolute atomic E-state index is 0.131. The molecule has 132 valence electrons. The van der Waals surface area contributed by atoms with Crippen LogP contribution in [-0.2, 0) is 4.79 Å². The number of nitrogens with one attached hydrogen (secondary N) is 1. The maximum Gasteiger partial charge on any atom is 0.234 e. The van der Waals surface area contributed by atoms with Crippen molar-refractivity contribution in [2.75, 3.05) is 40.3 Å². The fourth-order valence-corrected chi connectivity index (χ4v) is 3.53. The van der Waals surface area contributed by atoms with E-state index in [2.05, 4.69) is 41.2 Å². The summed E-state index contributed by atoms with van der Waals surface area (Å²) in [5.74, 6) is 1.57. The summed E-state index contributed by atoms with van der Waals surface area (Å²) in [5.41, 5.74) is 1.18. The summed E-state index contributed by atoms with van der Waals surface area (Å²) in [7, 11) is 3.81. The molecule has 5 heteroatoms. The standard InChI is InChI=1S/C19H29N3O2/c1-14-12-21(2)10-11-22(14)13-18(23)20-19(15-4-5-15)16-6-8-17(24-3)9-7-16/h6-9,14-15,19H,4-5,10-13H2,1-3H3,(H,20,23)/t14-,19+/m1/s1. The second-order valence-electron chi connectivity index (χ2n) is 7.24. The van der Waals surface area contributed by atoms with E-state index < -0.39 is 0 Å². The molecule has 0 bridgehead atoms. The lowest BCUT2D eigenvalue weighted by molar-refractivity contribution is -0.124. The van der Waals surface area contributed by atoms with Crippen LogP contribution in [0.3, 0.4) is 0 Å². The van der Waals surface area contributed by atoms with Crippen LogP contribution in [0.4, 0.5) is 0 Å². The van der Waals surface area contributed by atoms with Crippen LogP contribution < -0.4 is 10.1 Å². The fourth-order valence-electron chi connectivity index (χ4n) is 3.53. The van der Waals surface area contributed by atoms with Crippen molar-refractivity contribution in [3.63, 3.8) is 0 Å². The third-order valence-electron chi connectivity index (χ3n) is 5.20. The Morgan fingerprint density at radius 1 is 1.29 bits per heavy atom. The molecule has 1 aromatic rings. The maximum atomic E-state index is 12.6. The highest BCUT2D eigenvalue weighted by atomic mass is 16.5. The Hall–Kier alpha value is -1.59. The molecule has 1 aliphatic carbocycles. The summed E-state index contributed by atoms with van der Waals surface area (Å²) < 4.78 is 5.23. The zero-order chi connectivity index (χ0) is 17.1. The predicted molar refractivity (Wildman–Crippen MR) is 95.1 cm³/mol. The smallest absolute Gasteiger partial charge is 0.234 e. The zero-order valence-electron chi connectivity index (χ0n) is 15.0. The van der Waals surface area contributed by atoms with Crippen molar-refractivity contribution in [1.82, 2.24) is 15.1 Å². The van der Waals surface area contributed by atoms with Gasteiger partial charge in [0.1, 0.15) is 5.75 Å². The molecule has 1 aliphatic heterocycles. The first-order valence-corrected chi connectivity index (χ1v) is 8.92. The van der Waals surface area contributed by atoms with Crippen molar-refractivity contribution in [1.29, 1.82) is 0 Å². The molecule has 1 saturated heterocycles. The summed E-state index contributed by atoms with van der Waals surface area (Å²) in [6.45, 7) is 5.71. The first-order valence-electron chi connectivity index (χ1n) is 8.92. The summed E-state index contributed by atoms with van der Waals surface area (Å²) in [6.07, 6.45) is 2.39. The molecule has 2 atom stereocenters. The Kier molecular flexibility index (Phi) is 5.41. The minimum atomic E-state index is 0.131. The lowest BCUT2D eigenvalue weighted by Gasteiger charge is -2.38. The fraction of sp³-hybridized carbons (Fsp3) is 0.632. The van der Waals surface area contributed by atoms with Crippen LogP contribution in [0.2, 0.25) is 0 Å². The Balaban J connectivity index is 1.60. The molecule has 24 heavy (non-hydrogen) atoms. The van der Waals surface area contributed by atoms with Gasteiger partial charge in [-0.05, 0) is 50.4 Å². The van der Waals surface area contributed by atoms with E-state index in [9.17, 15) is 4.79 Å². The number of carbonyl (C=O) groups is 1. The number of hydrogen-bond acceptors (Lipinski definition) is 4. The van der Waals surface area contributed by atoms with Gasteiger partial charge in [-0.15, -0.1) is 0 Å². The minimum Gasteiger partial charge on any atom is -0.497 e. The van der Waals surface area contributed by atoms with Crippen LogP contribution in [-0.4, -0.2) is 62.1 Å². The van der Waals surface area contributed by atoms with Crippen molar-refractivity contribution in [3.05, 3.63) is 29.8 Å². The summed E-state index contributed by atoms with van der Waals surface area (Å²) in [4.78, 5) is 17.2. The number of rotatable bonds is 6. The van der Waals surface area contributed by atoms with Crippen molar-refractivity contribution in [3.8, 4) is 5.75 Å². The van der Waals surface area contributed by atoms with Crippen LogP contribution in [0.1, 0.15) is 31.4 Å². The number of hydrogen-bond donors (Lipinski definition) is 1. The number of methoxy groups -OCH3 is 1. The van der Waals surface area contributed by atoms with Crippen LogP contribution in [0.15, 0.2) is 24.3 Å². The molecule has 1 N–H and O–H groups in total. The van der Waals surface area contributed by atoms with E-state index in [-0.39, 0.29) is 11.9 Å². The van der Waals surface area contributed by atoms with Gasteiger partial charge in [-0.25, -0.2) is 0 Å². The molecule has 1 aromatic carbocycles. The second-order valence-corrected chi connectivity index (χ2v) is 7.24. The van der Waals surface area contributed by atoms with Gasteiger partial charge < -0.3 is 15.0 Å². The highest BCUT2D eigenvalue weighted by Crippen LogP contribution is 2.41. The van der Waals surface area contributed by atoms with E-state index in [1.54, 1.807) is 7.11 Å². The molecule has 1 heterocycles. The molecule has 0 radical (unpaired) electrons. The van der Waals surface area contributed by atoms with Gasteiger partial charge in [0.15, 0.2) is 0 Å². The zero-order valence-corrected chi connectivity index (χ0v) is 15.0. The van der Waals surface area contributed by atoms with E-state index in [4.69, 9.17) is 4.74 Å². The highest BCUT2D eigenvalue weighted by molar-refractivity contribution is 5.78. The van der Waals surface area contributed by atoms with Gasteiger partial charge >= 0.3 is 0 Å². The summed E-state index contributed by atoms with van der Waals surface area (Å²) in [5, 5.41) is 3.28. The van der Waals surface area contributed by atoms with Gasteiger partial charge in [0.25, 0.3) is 0 Å². The van der Waals surface area contributed by atoms with Gasteiger partial charge in [-0.2, -0.15) is 0 Å². The molecule has 2 fully saturated rings. The van der Waals surface area contributed by atoms with Gasteiger partial charge in [0.05, 0.1) is 19.7 Å². The molecular formula is C19H29N3O2. The molecule has 1 saturated carbocycles. The van der Waals surface area contributed by atoms with Gasteiger partial charge in [-0.3, -0.25) is 9.69 Å². The van der Waals surface area contributed by atoms with E-state index in [1.165, 1.54) is 18.4 Å². The average Bonchev–Trinajstić information content (AvgIpc) is 3.40. The first-order chi connectivity index (χ1) is 11.6. The van der Waals surface area contributed by atoms with Crippen molar-refractivity contribution in [2.45, 2.75) is 31.8 Å². The Bertz CT molecular complexity index is 556. The van der Waals surface area contributed by atoms with Crippen LogP contribution in [0, 0.1) is 5.92 Å². The lowest BCUT2D eigenvalue weighted by atomic mass is 10.0. The van der Waals surface area contributed by atoms with E-state index in [0.29, 0.717) is 18.5 Å². The third-order valence-corrected chi connectivity index (χ3v) is 5.20. The number of nitrogens with zero attached hydrogens (tertiary/aromatic N) is 2. The normalized spacial score (nSPS) is 23.7. The number of benzene rings is 1. The van der Waals surface area contributed by atoms with E-state index in [0.717, 1.165) is 25.4 Å². The van der Waals surface area contributed by atoms with Crippen LogP contribution in [0.25, 0.3) is 0 Å². The number of carbonyl (C=O) groups excluding carboxylic acids is 1. The average molecular weight is 331 g/mol. The number of piperazine rings is 1. The SMILES string of the molecule is COc1ccc([C@@H](NC(=O)CN2CCN(C)C[C@H]2C)C2CC2)cc1. The largest absolute Gasteiger partial charge is 0.497 e. The number of ether oxygens (including phenoxy) is 1. The summed E-state index contributed by atoms with van der Waals surface area (Å²) in [6, 6.07) is 8.64. The Morgan fingerprint density at radius 3 is 2.58 bits per heavy atom. The second kappa shape index (κ2) is 7.53. The molecule has 3 rings (SSSR count). The quantitative estimate of drug-likeness (QED) is 0.865. The van der Waals surface area contributed by atoms with E-state index in [1.807, 2.05) is 12.1 Å². The number of amides is 1. The molecule has 0 spiro atoms. The van der Waals surface area contributed by atoms with Gasteiger partial charge in [-0.1, -0.05) is 12.1 Å². The lowest BCUT2D eigenvalue weighted by Crippen LogP contribution is -2.53. The van der Waals surface area contributed by atoms with Crippen LogP contribution >= 0.6 is 0 Å². The molecule has 5 nitrogen and oxygen atoms in total. The maximum absolute atomic E-state index is 12.6. The Morgan fingerprint density at radius 2 is 2.00 bits per heavy atom. The molecular weight excluding hydrogens is 302 g/mol. The molecule has 0 aromatic heterocycles. The van der Waals surface area contributed by atoms with E-state index >= 15 is 0 Å². The monoisotopic (exact) mass is 331 g/mol. The van der Waals surface area contributed by atoms with Crippen molar-refractivity contribution >= 4 is 5.91 Å². The van der Waals surface area contributed by atoms with Crippen LogP contribution in [0.5, 0.6) is 5.75 Å². The van der Waals surface area contributed by atoms with Crippen molar-refractivity contribution in [2.24, 2.45) is 5.92 Å². The third kappa shape index (κ3) is 4.28. The summed E-state index contributed by atoms with van der Waals surface area (Å²) >= 11 is 0. The topological polar surface area (TPSA) is 44.8 Å². The first kappa shape index (κ1) is 17.2. The van der Waals surface area contributed by atoms with Gasteiger partial charge in [0, 0.05) is 25.7 Å². The Labute approximate surface area is 145 Å². The highest BCUT2D eigenvalue weighted by Gasteiger charge is 2.34. The van der Waals surface area contributed by atoms with Crippen molar-refractivity contribution < 1.29 is 9.53 Å². The molecule has 0 unspecified atom stereocenters. The molecule has 2 aliphatic rings. The number of likely N-dealkylation sites (N-methyl/N-ethyl adjacent to an activating group) is 1.